The lowest BCUT2D eigenvalue weighted by Gasteiger charge is -2.25. The first kappa shape index (κ1) is 23.3. The first-order valence-electron chi connectivity index (χ1n) is 10.4. The van der Waals surface area contributed by atoms with Crippen LogP contribution in [0, 0.1) is 5.41 Å². The molecule has 0 aromatic heterocycles. The molecule has 32 heavy (non-hydrogen) atoms. The summed E-state index contributed by atoms with van der Waals surface area (Å²) in [5, 5.41) is 22.9. The predicted molar refractivity (Wildman–Crippen MR) is 118 cm³/mol. The number of nitrogens with one attached hydrogen (secondary N) is 2. The van der Waals surface area contributed by atoms with Crippen LogP contribution in [0.15, 0.2) is 48.5 Å². The fourth-order valence-electron chi connectivity index (χ4n) is 3.89. The van der Waals surface area contributed by atoms with Gasteiger partial charge in [-0.25, -0.2) is 9.59 Å². The van der Waals surface area contributed by atoms with Crippen molar-refractivity contribution in [3.63, 3.8) is 0 Å². The first-order chi connectivity index (χ1) is 15.2. The Bertz CT molecular complexity index is 958. The van der Waals surface area contributed by atoms with E-state index in [9.17, 15) is 14.4 Å². The van der Waals surface area contributed by atoms with Gasteiger partial charge in [0.05, 0.1) is 6.61 Å². The smallest absolute Gasteiger partial charge is 0.407 e. The van der Waals surface area contributed by atoms with Crippen LogP contribution in [0.3, 0.4) is 0 Å². The van der Waals surface area contributed by atoms with Crippen LogP contribution in [0.2, 0.25) is 0 Å². The Morgan fingerprint density at radius 3 is 2.12 bits per heavy atom. The van der Waals surface area contributed by atoms with Gasteiger partial charge >= 0.3 is 12.1 Å². The van der Waals surface area contributed by atoms with Crippen molar-refractivity contribution in [2.75, 3.05) is 19.8 Å². The molecule has 0 aliphatic heterocycles. The zero-order chi connectivity index (χ0) is 23.3. The summed E-state index contributed by atoms with van der Waals surface area (Å²) in [6, 6.07) is 14.8. The third-order valence-electron chi connectivity index (χ3n) is 5.51. The first-order valence-corrected chi connectivity index (χ1v) is 10.4. The highest BCUT2D eigenvalue weighted by atomic mass is 16.5. The number of benzene rings is 2. The van der Waals surface area contributed by atoms with Crippen LogP contribution in [0.25, 0.3) is 11.1 Å². The second-order valence-corrected chi connectivity index (χ2v) is 8.66. The number of hydrogen-bond acceptors (Lipinski definition) is 5. The minimum Gasteiger partial charge on any atom is -0.480 e. The highest BCUT2D eigenvalue weighted by Crippen LogP contribution is 2.44. The highest BCUT2D eigenvalue weighted by Gasteiger charge is 2.30. The van der Waals surface area contributed by atoms with E-state index in [1.807, 2.05) is 36.4 Å². The van der Waals surface area contributed by atoms with Crippen LogP contribution < -0.4 is 10.6 Å². The van der Waals surface area contributed by atoms with E-state index in [1.54, 1.807) is 13.8 Å². The van der Waals surface area contributed by atoms with E-state index in [1.165, 1.54) is 0 Å². The molecular formula is C24H28N2O6. The Labute approximate surface area is 186 Å². The predicted octanol–water partition coefficient (Wildman–Crippen LogP) is 2.50. The molecule has 0 saturated heterocycles. The van der Waals surface area contributed by atoms with Crippen molar-refractivity contribution in [2.45, 2.75) is 32.2 Å². The number of hydrogen-bond donors (Lipinski definition) is 4. The third kappa shape index (κ3) is 5.45. The number of carbonyl (C=O) groups is 3. The summed E-state index contributed by atoms with van der Waals surface area (Å²) in [5.74, 6) is -1.88. The summed E-state index contributed by atoms with van der Waals surface area (Å²) >= 11 is 0. The summed E-state index contributed by atoms with van der Waals surface area (Å²) in [5.41, 5.74) is 3.89. The molecule has 4 N–H and O–H groups in total. The highest BCUT2D eigenvalue weighted by molar-refractivity contribution is 5.84. The van der Waals surface area contributed by atoms with Crippen LogP contribution in [-0.4, -0.2) is 54.0 Å². The van der Waals surface area contributed by atoms with Crippen LogP contribution in [0.4, 0.5) is 4.79 Å². The maximum absolute atomic E-state index is 12.3. The van der Waals surface area contributed by atoms with Gasteiger partial charge in [0, 0.05) is 18.9 Å². The summed E-state index contributed by atoms with van der Waals surface area (Å²) in [7, 11) is 0. The number of fused-ring (bicyclic) bond motifs is 3. The van der Waals surface area contributed by atoms with E-state index >= 15 is 0 Å². The molecule has 2 aromatic carbocycles. The lowest BCUT2D eigenvalue weighted by atomic mass is 9.89. The van der Waals surface area contributed by atoms with Gasteiger partial charge in [-0.1, -0.05) is 62.4 Å². The molecule has 1 atom stereocenters. The van der Waals surface area contributed by atoms with Crippen molar-refractivity contribution in [2.24, 2.45) is 5.41 Å². The molecule has 2 amide bonds. The largest absolute Gasteiger partial charge is 0.480 e. The Morgan fingerprint density at radius 1 is 1.03 bits per heavy atom. The van der Waals surface area contributed by atoms with Crippen molar-refractivity contribution in [1.82, 2.24) is 10.6 Å². The number of ether oxygens (including phenoxy) is 1. The van der Waals surface area contributed by atoms with Gasteiger partial charge in [-0.05, 0) is 27.7 Å². The van der Waals surface area contributed by atoms with Crippen LogP contribution in [-0.2, 0) is 14.3 Å². The Hall–Kier alpha value is -3.39. The van der Waals surface area contributed by atoms with Gasteiger partial charge in [-0.2, -0.15) is 0 Å². The van der Waals surface area contributed by atoms with Gasteiger partial charge in [0.25, 0.3) is 0 Å². The van der Waals surface area contributed by atoms with Crippen LogP contribution in [0.1, 0.15) is 37.3 Å². The van der Waals surface area contributed by atoms with Gasteiger partial charge in [0.15, 0.2) is 0 Å². The second kappa shape index (κ2) is 9.82. The summed E-state index contributed by atoms with van der Waals surface area (Å²) in [6.45, 7) is 3.20. The molecule has 0 fully saturated rings. The number of alkyl carbamates (subject to hydrolysis) is 1. The maximum Gasteiger partial charge on any atom is 0.407 e. The SMILES string of the molecule is CC(C)(CNC(=O)OCC1c2ccccc2-c2ccccc21)CC(=O)NC(CO)C(=O)O. The zero-order valence-electron chi connectivity index (χ0n) is 18.1. The van der Waals surface area contributed by atoms with Crippen molar-refractivity contribution < 1.29 is 29.3 Å². The minimum absolute atomic E-state index is 0.0273. The second-order valence-electron chi connectivity index (χ2n) is 8.66. The number of amides is 2. The normalized spacial score (nSPS) is 13.6. The van der Waals surface area contributed by atoms with Gasteiger partial charge < -0.3 is 25.6 Å². The molecule has 8 nitrogen and oxygen atoms in total. The van der Waals surface area contributed by atoms with Crippen molar-refractivity contribution in [3.8, 4) is 11.1 Å². The standard InChI is InChI=1S/C24H28N2O6/c1-24(2,11-21(28)26-20(12-27)22(29)30)14-25-23(31)32-13-19-17-9-5-3-7-15(17)16-8-4-6-10-18(16)19/h3-10,19-20,27H,11-14H2,1-2H3,(H,25,31)(H,26,28)(H,29,30). The summed E-state index contributed by atoms with van der Waals surface area (Å²) in [4.78, 5) is 35.3. The molecule has 2 aromatic rings. The summed E-state index contributed by atoms with van der Waals surface area (Å²) < 4.78 is 5.49. The molecule has 0 heterocycles. The van der Waals surface area contributed by atoms with Gasteiger partial charge in [0.1, 0.15) is 12.6 Å². The average molecular weight is 440 g/mol. The van der Waals surface area contributed by atoms with Crippen molar-refractivity contribution in [1.29, 1.82) is 0 Å². The fraction of sp³-hybridized carbons (Fsp3) is 0.375. The fourth-order valence-corrected chi connectivity index (χ4v) is 3.89. The lowest BCUT2D eigenvalue weighted by Crippen LogP contribution is -2.45. The Balaban J connectivity index is 1.52. The lowest BCUT2D eigenvalue weighted by molar-refractivity contribution is -0.143. The number of rotatable bonds is 9. The van der Waals surface area contributed by atoms with E-state index < -0.39 is 36.0 Å². The number of carbonyl (C=O) groups excluding carboxylic acids is 2. The van der Waals surface area contributed by atoms with Crippen LogP contribution in [0.5, 0.6) is 0 Å². The van der Waals surface area contributed by atoms with E-state index in [2.05, 4.69) is 22.8 Å². The summed E-state index contributed by atoms with van der Waals surface area (Å²) in [6.07, 6.45) is -0.611. The third-order valence-corrected chi connectivity index (χ3v) is 5.51. The number of aliphatic hydroxyl groups is 1. The molecule has 0 saturated carbocycles. The molecule has 1 aliphatic carbocycles. The number of carboxylic acids is 1. The Morgan fingerprint density at radius 2 is 1.59 bits per heavy atom. The number of carboxylic acid groups (broad SMARTS) is 1. The molecule has 3 rings (SSSR count). The zero-order valence-corrected chi connectivity index (χ0v) is 18.1. The Kier molecular flexibility index (Phi) is 7.15. The van der Waals surface area contributed by atoms with Gasteiger partial charge in [0.2, 0.25) is 5.91 Å². The molecule has 0 bridgehead atoms. The molecular weight excluding hydrogens is 412 g/mol. The number of aliphatic carboxylic acids is 1. The van der Waals surface area contributed by atoms with Gasteiger partial charge in [-0.15, -0.1) is 0 Å². The average Bonchev–Trinajstić information content (AvgIpc) is 3.08. The van der Waals surface area contributed by atoms with E-state index in [0.717, 1.165) is 22.3 Å². The molecule has 8 heteroatoms. The molecule has 0 radical (unpaired) electrons. The quantitative estimate of drug-likeness (QED) is 0.475. The number of aliphatic hydroxyl groups excluding tert-OH is 1. The van der Waals surface area contributed by atoms with E-state index in [4.69, 9.17) is 14.9 Å². The maximum atomic E-state index is 12.3. The topological polar surface area (TPSA) is 125 Å². The van der Waals surface area contributed by atoms with E-state index in [-0.39, 0.29) is 25.5 Å². The monoisotopic (exact) mass is 440 g/mol. The molecule has 1 unspecified atom stereocenters. The molecule has 170 valence electrons. The van der Waals surface area contributed by atoms with Crippen LogP contribution >= 0.6 is 0 Å². The van der Waals surface area contributed by atoms with Gasteiger partial charge in [-0.3, -0.25) is 4.79 Å². The van der Waals surface area contributed by atoms with Crippen molar-refractivity contribution in [3.05, 3.63) is 59.7 Å². The van der Waals surface area contributed by atoms with E-state index in [0.29, 0.717) is 0 Å². The molecule has 1 aliphatic rings. The molecule has 0 spiro atoms. The van der Waals surface area contributed by atoms with Crippen molar-refractivity contribution >= 4 is 18.0 Å². The minimum atomic E-state index is -1.35.